The third kappa shape index (κ3) is 4.86. The molecule has 0 aromatic rings. The molecule has 0 aliphatic carbocycles. The summed E-state index contributed by atoms with van der Waals surface area (Å²) in [4.78, 5) is 24.5. The number of ether oxygens (including phenoxy) is 2. The predicted octanol–water partition coefficient (Wildman–Crippen LogP) is 0.495. The van der Waals surface area contributed by atoms with Gasteiger partial charge in [0.05, 0.1) is 19.8 Å². The quantitative estimate of drug-likeness (QED) is 0.578. The zero-order valence-electron chi connectivity index (χ0n) is 10.2. The van der Waals surface area contributed by atoms with Crippen LogP contribution in [0.25, 0.3) is 0 Å². The van der Waals surface area contributed by atoms with Gasteiger partial charge in [-0.1, -0.05) is 0 Å². The number of amides is 2. The van der Waals surface area contributed by atoms with Crippen molar-refractivity contribution in [1.29, 1.82) is 0 Å². The first-order valence-electron chi connectivity index (χ1n) is 5.62. The molecule has 0 radical (unpaired) electrons. The zero-order valence-corrected chi connectivity index (χ0v) is 10.2. The maximum Gasteiger partial charge on any atom is 0.332 e. The van der Waals surface area contributed by atoms with Crippen molar-refractivity contribution in [3.05, 3.63) is 11.8 Å². The molecular weight excluding hydrogens is 224 g/mol. The van der Waals surface area contributed by atoms with Gasteiger partial charge in [0.15, 0.2) is 0 Å². The summed E-state index contributed by atoms with van der Waals surface area (Å²) >= 11 is 0. The van der Waals surface area contributed by atoms with E-state index in [0.29, 0.717) is 38.6 Å². The van der Waals surface area contributed by atoms with Gasteiger partial charge in [0.25, 0.3) is 0 Å². The predicted molar refractivity (Wildman–Crippen MR) is 61.3 cm³/mol. The molecule has 0 unspecified atom stereocenters. The lowest BCUT2D eigenvalue weighted by molar-refractivity contribution is -0.137. The van der Waals surface area contributed by atoms with Crippen molar-refractivity contribution in [3.8, 4) is 0 Å². The third-order valence-corrected chi connectivity index (χ3v) is 2.22. The van der Waals surface area contributed by atoms with E-state index in [1.54, 1.807) is 18.7 Å². The second-order valence-corrected chi connectivity index (χ2v) is 3.61. The number of carbonyl (C=O) groups excluding carboxylic acids is 2. The topological polar surface area (TPSA) is 67.9 Å². The van der Waals surface area contributed by atoms with Crippen LogP contribution in [-0.4, -0.2) is 49.8 Å². The summed E-state index contributed by atoms with van der Waals surface area (Å²) in [5.41, 5.74) is 0.472. The van der Waals surface area contributed by atoms with E-state index >= 15 is 0 Å². The van der Waals surface area contributed by atoms with Gasteiger partial charge in [0.1, 0.15) is 0 Å². The normalized spacial score (nSPS) is 16.6. The monoisotopic (exact) mass is 242 g/mol. The number of nitrogens with one attached hydrogen (secondary N) is 1. The standard InChI is InChI=1S/C11H18N2O4/c1-3-17-10(14)8-9(2)12-11(15)13-4-6-16-7-5-13/h8H,3-7H2,1-2H3,(H,12,15). The molecule has 1 N–H and O–H groups in total. The SMILES string of the molecule is CCOC(=O)C=C(C)NC(=O)N1CCOCC1. The molecule has 0 aromatic carbocycles. The first-order chi connectivity index (χ1) is 8.13. The van der Waals surface area contributed by atoms with Gasteiger partial charge in [-0.05, 0) is 13.8 Å². The molecule has 0 spiro atoms. The molecule has 17 heavy (non-hydrogen) atoms. The van der Waals surface area contributed by atoms with E-state index in [9.17, 15) is 9.59 Å². The zero-order chi connectivity index (χ0) is 12.7. The highest BCUT2D eigenvalue weighted by Gasteiger charge is 2.16. The highest BCUT2D eigenvalue weighted by atomic mass is 16.5. The Morgan fingerprint density at radius 1 is 1.41 bits per heavy atom. The van der Waals surface area contributed by atoms with Crippen LogP contribution in [0.2, 0.25) is 0 Å². The second kappa shape index (κ2) is 6.90. The molecule has 0 saturated carbocycles. The number of morpholine rings is 1. The number of nitrogens with zero attached hydrogens (tertiary/aromatic N) is 1. The van der Waals surface area contributed by atoms with Gasteiger partial charge in [-0.2, -0.15) is 0 Å². The Hall–Kier alpha value is -1.56. The number of carbonyl (C=O) groups is 2. The van der Waals surface area contributed by atoms with E-state index in [4.69, 9.17) is 9.47 Å². The molecule has 0 aromatic heterocycles. The smallest absolute Gasteiger partial charge is 0.332 e. The molecule has 1 aliphatic rings. The summed E-state index contributed by atoms with van der Waals surface area (Å²) in [7, 11) is 0. The lowest BCUT2D eigenvalue weighted by Gasteiger charge is -2.26. The van der Waals surface area contributed by atoms with Crippen LogP contribution >= 0.6 is 0 Å². The van der Waals surface area contributed by atoms with E-state index in [0.717, 1.165) is 0 Å². The summed E-state index contributed by atoms with van der Waals surface area (Å²) < 4.78 is 9.88. The van der Waals surface area contributed by atoms with Crippen LogP contribution in [0.1, 0.15) is 13.8 Å². The average Bonchev–Trinajstić information content (AvgIpc) is 2.30. The number of hydrogen-bond donors (Lipinski definition) is 1. The van der Waals surface area contributed by atoms with Crippen LogP contribution in [0.15, 0.2) is 11.8 Å². The minimum atomic E-state index is -0.452. The number of rotatable bonds is 3. The summed E-state index contributed by atoms with van der Waals surface area (Å²) in [5.74, 6) is -0.452. The largest absolute Gasteiger partial charge is 0.463 e. The molecule has 1 aliphatic heterocycles. The fourth-order valence-corrected chi connectivity index (χ4v) is 1.41. The first kappa shape index (κ1) is 13.5. The van der Waals surface area contributed by atoms with Gasteiger partial charge in [-0.15, -0.1) is 0 Å². The Bertz CT molecular complexity index is 309. The molecule has 1 rings (SSSR count). The van der Waals surface area contributed by atoms with Crippen molar-refractivity contribution >= 4 is 12.0 Å². The molecule has 1 fully saturated rings. The molecule has 6 heteroatoms. The molecular formula is C11H18N2O4. The minimum absolute atomic E-state index is 0.216. The van der Waals surface area contributed by atoms with Crippen LogP contribution < -0.4 is 5.32 Å². The highest BCUT2D eigenvalue weighted by Crippen LogP contribution is 1.99. The van der Waals surface area contributed by atoms with Crippen LogP contribution in [0.3, 0.4) is 0 Å². The van der Waals surface area contributed by atoms with Crippen molar-refractivity contribution in [2.75, 3.05) is 32.9 Å². The fourth-order valence-electron chi connectivity index (χ4n) is 1.41. The van der Waals surface area contributed by atoms with E-state index in [-0.39, 0.29) is 6.03 Å². The third-order valence-electron chi connectivity index (χ3n) is 2.22. The second-order valence-electron chi connectivity index (χ2n) is 3.61. The summed E-state index contributed by atoms with van der Waals surface area (Å²) in [5, 5.41) is 2.63. The fraction of sp³-hybridized carbons (Fsp3) is 0.636. The lowest BCUT2D eigenvalue weighted by atomic mass is 10.4. The average molecular weight is 242 g/mol. The molecule has 96 valence electrons. The minimum Gasteiger partial charge on any atom is -0.463 e. The van der Waals surface area contributed by atoms with Crippen LogP contribution in [-0.2, 0) is 14.3 Å². The van der Waals surface area contributed by atoms with Crippen molar-refractivity contribution in [1.82, 2.24) is 10.2 Å². The highest BCUT2D eigenvalue weighted by molar-refractivity contribution is 5.84. The first-order valence-corrected chi connectivity index (χ1v) is 5.62. The van der Waals surface area contributed by atoms with Crippen LogP contribution in [0.4, 0.5) is 4.79 Å². The van der Waals surface area contributed by atoms with Crippen LogP contribution in [0.5, 0.6) is 0 Å². The summed E-state index contributed by atoms with van der Waals surface area (Å²) in [6.45, 7) is 5.93. The van der Waals surface area contributed by atoms with Crippen LogP contribution in [0, 0.1) is 0 Å². The maximum atomic E-state index is 11.7. The molecule has 0 atom stereocenters. The Morgan fingerprint density at radius 2 is 2.06 bits per heavy atom. The van der Waals surface area contributed by atoms with Crippen molar-refractivity contribution in [2.24, 2.45) is 0 Å². The molecule has 6 nitrogen and oxygen atoms in total. The van der Waals surface area contributed by atoms with Gasteiger partial charge in [0.2, 0.25) is 0 Å². The van der Waals surface area contributed by atoms with Gasteiger partial charge in [-0.3, -0.25) is 0 Å². The molecule has 1 saturated heterocycles. The summed E-state index contributed by atoms with van der Waals surface area (Å²) in [6, 6.07) is -0.216. The number of urea groups is 1. The Labute approximate surface area is 101 Å². The van der Waals surface area contributed by atoms with E-state index < -0.39 is 5.97 Å². The van der Waals surface area contributed by atoms with E-state index in [2.05, 4.69) is 5.32 Å². The van der Waals surface area contributed by atoms with Gasteiger partial charge >= 0.3 is 12.0 Å². The van der Waals surface area contributed by atoms with Gasteiger partial charge < -0.3 is 19.7 Å². The maximum absolute atomic E-state index is 11.7. The Morgan fingerprint density at radius 3 is 2.65 bits per heavy atom. The van der Waals surface area contributed by atoms with E-state index in [1.165, 1.54) is 6.08 Å². The number of hydrogen-bond acceptors (Lipinski definition) is 4. The number of allylic oxidation sites excluding steroid dienone is 1. The van der Waals surface area contributed by atoms with Crippen molar-refractivity contribution in [3.63, 3.8) is 0 Å². The lowest BCUT2D eigenvalue weighted by Crippen LogP contribution is -2.45. The van der Waals surface area contributed by atoms with Crippen molar-refractivity contribution in [2.45, 2.75) is 13.8 Å². The summed E-state index contributed by atoms with van der Waals surface area (Å²) in [6.07, 6.45) is 1.27. The Balaban J connectivity index is 2.41. The van der Waals surface area contributed by atoms with E-state index in [1.807, 2.05) is 0 Å². The van der Waals surface area contributed by atoms with Gasteiger partial charge in [-0.25, -0.2) is 9.59 Å². The molecule has 1 heterocycles. The Kier molecular flexibility index (Phi) is 5.48. The number of esters is 1. The van der Waals surface area contributed by atoms with Crippen molar-refractivity contribution < 1.29 is 19.1 Å². The van der Waals surface area contributed by atoms with Gasteiger partial charge in [0, 0.05) is 24.9 Å². The molecule has 0 bridgehead atoms. The molecule has 2 amide bonds.